The number of aliphatic carboxylic acids is 2. The number of rotatable bonds is 13. The second-order valence-electron chi connectivity index (χ2n) is 7.07. The molecule has 0 heterocycles. The number of amides is 4. The van der Waals surface area contributed by atoms with Gasteiger partial charge in [-0.1, -0.05) is 13.8 Å². The van der Waals surface area contributed by atoms with E-state index in [0.717, 1.165) is 0 Å². The molecule has 0 saturated carbocycles. The number of carbonyl (C=O) groups is 6. The molecule has 0 aromatic carbocycles. The van der Waals surface area contributed by atoms with Gasteiger partial charge in [0.15, 0.2) is 0 Å². The second-order valence-corrected chi connectivity index (χ2v) is 7.07. The molecule has 0 fully saturated rings. The first-order valence-electron chi connectivity index (χ1n) is 9.15. The summed E-state index contributed by atoms with van der Waals surface area (Å²) >= 11 is 0. The number of nitrogens with two attached hydrogens (primary N) is 2. The Bertz CT molecular complexity index is 681. The summed E-state index contributed by atoms with van der Waals surface area (Å²) in [4.78, 5) is 69.6. The lowest BCUT2D eigenvalue weighted by molar-refractivity contribution is -0.144. The van der Waals surface area contributed by atoms with Gasteiger partial charge in [0.2, 0.25) is 23.6 Å². The van der Waals surface area contributed by atoms with E-state index >= 15 is 0 Å². The fourth-order valence-electron chi connectivity index (χ4n) is 2.30. The van der Waals surface area contributed by atoms with E-state index in [4.69, 9.17) is 16.6 Å². The first kappa shape index (κ1) is 26.8. The van der Waals surface area contributed by atoms with Crippen LogP contribution < -0.4 is 27.4 Å². The van der Waals surface area contributed by atoms with Crippen molar-refractivity contribution in [1.82, 2.24) is 16.0 Å². The Hall–Kier alpha value is -3.22. The predicted octanol–water partition coefficient (Wildman–Crippen LogP) is -2.73. The lowest BCUT2D eigenvalue weighted by atomic mass is 10.0. The summed E-state index contributed by atoms with van der Waals surface area (Å²) in [5.74, 6) is -6.32. The fraction of sp³-hybridized carbons (Fsp3) is 0.647. The summed E-state index contributed by atoms with van der Waals surface area (Å²) in [6.07, 6.45) is -1.21. The van der Waals surface area contributed by atoms with Crippen molar-refractivity contribution in [2.75, 3.05) is 0 Å². The van der Waals surface area contributed by atoms with Crippen LogP contribution in [0.2, 0.25) is 0 Å². The van der Waals surface area contributed by atoms with E-state index in [1.807, 2.05) is 0 Å². The highest BCUT2D eigenvalue weighted by molar-refractivity contribution is 5.95. The van der Waals surface area contributed by atoms with Crippen molar-refractivity contribution in [3.05, 3.63) is 0 Å². The van der Waals surface area contributed by atoms with Crippen molar-refractivity contribution in [2.45, 2.75) is 64.2 Å². The molecule has 170 valence electrons. The molecule has 0 aromatic rings. The van der Waals surface area contributed by atoms with Crippen LogP contribution in [-0.4, -0.2) is 69.9 Å². The van der Waals surface area contributed by atoms with Crippen LogP contribution in [0.4, 0.5) is 0 Å². The molecule has 4 unspecified atom stereocenters. The quantitative estimate of drug-likeness (QED) is 0.160. The smallest absolute Gasteiger partial charge is 0.326 e. The number of carboxylic acid groups (broad SMARTS) is 2. The minimum atomic E-state index is -1.35. The van der Waals surface area contributed by atoms with Gasteiger partial charge in [-0.15, -0.1) is 0 Å². The van der Waals surface area contributed by atoms with E-state index in [9.17, 15) is 33.9 Å². The van der Waals surface area contributed by atoms with Crippen molar-refractivity contribution in [3.8, 4) is 0 Å². The van der Waals surface area contributed by atoms with Crippen molar-refractivity contribution < 1.29 is 39.0 Å². The van der Waals surface area contributed by atoms with E-state index in [1.165, 1.54) is 6.92 Å². The van der Waals surface area contributed by atoms with E-state index < -0.39 is 78.5 Å². The van der Waals surface area contributed by atoms with E-state index in [-0.39, 0.29) is 6.42 Å². The lowest BCUT2D eigenvalue weighted by Crippen LogP contribution is -2.57. The molecular weight excluding hydrogens is 402 g/mol. The summed E-state index contributed by atoms with van der Waals surface area (Å²) in [5, 5.41) is 24.8. The minimum absolute atomic E-state index is 0.306. The highest BCUT2D eigenvalue weighted by atomic mass is 16.4. The molecule has 0 aromatic heterocycles. The maximum absolute atomic E-state index is 12.4. The summed E-state index contributed by atoms with van der Waals surface area (Å²) in [7, 11) is 0. The fourth-order valence-corrected chi connectivity index (χ4v) is 2.30. The molecule has 0 saturated heterocycles. The van der Waals surface area contributed by atoms with Gasteiger partial charge in [-0.2, -0.15) is 0 Å². The summed E-state index contributed by atoms with van der Waals surface area (Å²) < 4.78 is 0. The molecule has 0 aliphatic heterocycles. The van der Waals surface area contributed by atoms with Crippen LogP contribution >= 0.6 is 0 Å². The summed E-state index contributed by atoms with van der Waals surface area (Å²) in [6.45, 7) is 4.41. The van der Waals surface area contributed by atoms with Gasteiger partial charge in [0.05, 0.1) is 12.5 Å². The van der Waals surface area contributed by atoms with Gasteiger partial charge in [0.25, 0.3) is 0 Å². The number of carbonyl (C=O) groups excluding carboxylic acids is 4. The molecule has 4 atom stereocenters. The zero-order chi connectivity index (χ0) is 23.6. The number of hydrogen-bond acceptors (Lipinski definition) is 7. The van der Waals surface area contributed by atoms with Crippen LogP contribution in [0.5, 0.6) is 0 Å². The van der Waals surface area contributed by atoms with Crippen molar-refractivity contribution in [1.29, 1.82) is 0 Å². The number of hydrogen-bond donors (Lipinski definition) is 7. The Morgan fingerprint density at radius 3 is 1.87 bits per heavy atom. The molecule has 0 spiro atoms. The first-order valence-corrected chi connectivity index (χ1v) is 9.15. The van der Waals surface area contributed by atoms with Gasteiger partial charge in [0, 0.05) is 6.42 Å². The van der Waals surface area contributed by atoms with Crippen LogP contribution in [-0.2, 0) is 28.8 Å². The maximum atomic E-state index is 12.4. The number of nitrogens with one attached hydrogen (secondary N) is 3. The molecular formula is C17H29N5O8. The number of primary amides is 1. The molecule has 0 aliphatic rings. The zero-order valence-corrected chi connectivity index (χ0v) is 17.0. The number of carboxylic acids is 2. The van der Waals surface area contributed by atoms with Gasteiger partial charge in [0.1, 0.15) is 18.1 Å². The lowest BCUT2D eigenvalue weighted by Gasteiger charge is -2.24. The third-order valence-corrected chi connectivity index (χ3v) is 4.02. The van der Waals surface area contributed by atoms with Gasteiger partial charge in [-0.05, 0) is 19.3 Å². The van der Waals surface area contributed by atoms with Crippen molar-refractivity contribution in [2.24, 2.45) is 17.4 Å². The third kappa shape index (κ3) is 9.82. The molecule has 9 N–H and O–H groups in total. The summed E-state index contributed by atoms with van der Waals surface area (Å²) in [6, 6.07) is -5.05. The highest BCUT2D eigenvalue weighted by Crippen LogP contribution is 2.05. The van der Waals surface area contributed by atoms with Crippen molar-refractivity contribution in [3.63, 3.8) is 0 Å². The molecule has 30 heavy (non-hydrogen) atoms. The normalized spacial score (nSPS) is 14.7. The molecule has 4 amide bonds. The molecule has 0 aliphatic carbocycles. The van der Waals surface area contributed by atoms with Crippen LogP contribution in [0.3, 0.4) is 0 Å². The zero-order valence-electron chi connectivity index (χ0n) is 17.0. The first-order chi connectivity index (χ1) is 13.8. The Morgan fingerprint density at radius 2 is 1.43 bits per heavy atom. The van der Waals surface area contributed by atoms with E-state index in [2.05, 4.69) is 16.0 Å². The average Bonchev–Trinajstić information content (AvgIpc) is 2.60. The molecule has 0 rings (SSSR count). The van der Waals surface area contributed by atoms with Gasteiger partial charge in [-0.25, -0.2) is 4.79 Å². The minimum Gasteiger partial charge on any atom is -0.481 e. The maximum Gasteiger partial charge on any atom is 0.326 e. The average molecular weight is 431 g/mol. The van der Waals surface area contributed by atoms with Crippen LogP contribution in [0.25, 0.3) is 0 Å². The SMILES string of the molecule is CC(NC(=O)C(N)CC(N)=O)C(=O)NC(CCC(=O)O)C(=O)NC(C(=O)O)C(C)C. The third-order valence-electron chi connectivity index (χ3n) is 4.02. The largest absolute Gasteiger partial charge is 0.481 e. The highest BCUT2D eigenvalue weighted by Gasteiger charge is 2.30. The van der Waals surface area contributed by atoms with Crippen LogP contribution in [0.1, 0.15) is 40.0 Å². The van der Waals surface area contributed by atoms with Gasteiger partial charge < -0.3 is 37.6 Å². The monoisotopic (exact) mass is 431 g/mol. The molecule has 0 radical (unpaired) electrons. The molecule has 0 bridgehead atoms. The van der Waals surface area contributed by atoms with E-state index in [0.29, 0.717) is 0 Å². The predicted molar refractivity (Wildman–Crippen MR) is 103 cm³/mol. The standard InChI is InChI=1S/C17H29N5O8/c1-7(2)13(17(29)30)22-16(28)10(4-5-12(24)25)21-14(26)8(3)20-15(27)9(18)6-11(19)23/h7-10,13H,4-6,18H2,1-3H3,(H2,19,23)(H,20,27)(H,21,26)(H,22,28)(H,24,25)(H,29,30). The Balaban J connectivity index is 5.17. The van der Waals surface area contributed by atoms with Crippen LogP contribution in [0.15, 0.2) is 0 Å². The van der Waals surface area contributed by atoms with Crippen molar-refractivity contribution >= 4 is 35.6 Å². The Labute approximate surface area is 172 Å². The Kier molecular flexibility index (Phi) is 11.0. The molecule has 13 nitrogen and oxygen atoms in total. The topological polar surface area (TPSA) is 231 Å². The Morgan fingerprint density at radius 1 is 0.867 bits per heavy atom. The van der Waals surface area contributed by atoms with Gasteiger partial charge in [-0.3, -0.25) is 24.0 Å². The second kappa shape index (κ2) is 12.4. The van der Waals surface area contributed by atoms with E-state index in [1.54, 1.807) is 13.8 Å². The van der Waals surface area contributed by atoms with Crippen LogP contribution in [0, 0.1) is 5.92 Å². The summed E-state index contributed by atoms with van der Waals surface area (Å²) in [5.41, 5.74) is 10.4. The van der Waals surface area contributed by atoms with Gasteiger partial charge >= 0.3 is 11.9 Å². The molecule has 13 heteroatoms.